The molecule has 1 heterocycles. The number of carboxylic acid groups (broad SMARTS) is 1. The fourth-order valence-corrected chi connectivity index (χ4v) is 2.43. The Morgan fingerprint density at radius 3 is 2.52 bits per heavy atom. The van der Waals surface area contributed by atoms with Gasteiger partial charge in [0.25, 0.3) is 0 Å². The van der Waals surface area contributed by atoms with Crippen molar-refractivity contribution in [2.45, 2.75) is 70.6 Å². The van der Waals surface area contributed by atoms with Gasteiger partial charge in [0.2, 0.25) is 0 Å². The number of rotatable bonds is 5. The van der Waals surface area contributed by atoms with Crippen LogP contribution in [0.15, 0.2) is 12.4 Å². The second kappa shape index (κ2) is 6.22. The Bertz CT molecular complexity index is 586. The minimum absolute atomic E-state index is 0.0360. The number of ether oxygens (including phenoxy) is 1. The smallest absolute Gasteiger partial charge is 0.408 e. The second-order valence-electron chi connectivity index (χ2n) is 7.36. The van der Waals surface area contributed by atoms with E-state index in [-0.39, 0.29) is 6.54 Å². The van der Waals surface area contributed by atoms with Crippen LogP contribution in [0.1, 0.15) is 58.4 Å². The maximum atomic E-state index is 11.9. The van der Waals surface area contributed by atoms with E-state index in [2.05, 4.69) is 10.4 Å². The predicted octanol–water partition coefficient (Wildman–Crippen LogP) is 2.52. The zero-order chi connectivity index (χ0) is 17.3. The summed E-state index contributed by atoms with van der Waals surface area (Å²) in [6.07, 6.45) is 6.41. The number of hydrogen-bond donors (Lipinski definition) is 2. The van der Waals surface area contributed by atoms with Crippen LogP contribution in [0.4, 0.5) is 4.79 Å². The van der Waals surface area contributed by atoms with E-state index in [1.54, 1.807) is 31.6 Å². The highest BCUT2D eigenvalue weighted by atomic mass is 16.6. The van der Waals surface area contributed by atoms with Crippen molar-refractivity contribution in [2.24, 2.45) is 0 Å². The molecule has 0 bridgehead atoms. The van der Waals surface area contributed by atoms with Crippen LogP contribution in [0.2, 0.25) is 0 Å². The van der Waals surface area contributed by atoms with Crippen molar-refractivity contribution >= 4 is 12.1 Å². The normalized spacial score (nSPS) is 17.9. The zero-order valence-electron chi connectivity index (χ0n) is 14.1. The molecule has 1 amide bonds. The maximum absolute atomic E-state index is 11.9. The van der Waals surface area contributed by atoms with E-state index in [0.717, 1.165) is 18.4 Å². The number of carboxylic acids is 1. The molecule has 0 aromatic carbocycles. The lowest BCUT2D eigenvalue weighted by molar-refractivity contribution is -0.144. The third kappa shape index (κ3) is 4.46. The molecule has 1 aliphatic carbocycles. The Morgan fingerprint density at radius 2 is 2.04 bits per heavy atom. The van der Waals surface area contributed by atoms with E-state index in [4.69, 9.17) is 4.74 Å². The largest absolute Gasteiger partial charge is 0.479 e. The van der Waals surface area contributed by atoms with Crippen molar-refractivity contribution in [1.29, 1.82) is 0 Å². The summed E-state index contributed by atoms with van der Waals surface area (Å²) in [5.41, 5.74) is -1.06. The Morgan fingerprint density at radius 1 is 1.39 bits per heavy atom. The van der Waals surface area contributed by atoms with Gasteiger partial charge in [-0.2, -0.15) is 5.10 Å². The number of hydrogen-bond acceptors (Lipinski definition) is 4. The lowest BCUT2D eigenvalue weighted by atomic mass is 9.81. The number of carbonyl (C=O) groups excluding carboxylic acids is 1. The van der Waals surface area contributed by atoms with Crippen LogP contribution < -0.4 is 5.32 Å². The fourth-order valence-electron chi connectivity index (χ4n) is 2.43. The first-order chi connectivity index (χ1) is 10.6. The molecule has 1 aliphatic rings. The molecule has 0 spiro atoms. The Kier molecular flexibility index (Phi) is 4.68. The van der Waals surface area contributed by atoms with Gasteiger partial charge in [-0.05, 0) is 52.0 Å². The molecule has 1 aromatic heterocycles. The van der Waals surface area contributed by atoms with Crippen LogP contribution in [-0.4, -0.2) is 38.1 Å². The van der Waals surface area contributed by atoms with Crippen LogP contribution in [0.3, 0.4) is 0 Å². The molecular weight excluding hydrogens is 298 g/mol. The molecule has 1 atom stereocenters. The van der Waals surface area contributed by atoms with Gasteiger partial charge in [0.15, 0.2) is 5.54 Å². The molecule has 0 aliphatic heterocycles. The standard InChI is InChI=1S/C16H25N3O4/c1-15(2,3)23-14(22)18-16(4,13(20)21)10-19-9-12(8-17-19)11-6-5-7-11/h8-9,11H,5-7,10H2,1-4H3,(H,18,22)(H,20,21). The summed E-state index contributed by atoms with van der Waals surface area (Å²) < 4.78 is 6.72. The number of nitrogens with one attached hydrogen (secondary N) is 1. The summed E-state index contributed by atoms with van der Waals surface area (Å²) in [4.78, 5) is 23.5. The average Bonchev–Trinajstić information content (AvgIpc) is 2.71. The van der Waals surface area contributed by atoms with Crippen molar-refractivity contribution in [3.05, 3.63) is 18.0 Å². The van der Waals surface area contributed by atoms with Crippen LogP contribution in [0, 0.1) is 0 Å². The molecule has 0 saturated heterocycles. The van der Waals surface area contributed by atoms with Gasteiger partial charge >= 0.3 is 12.1 Å². The Hall–Kier alpha value is -2.05. The van der Waals surface area contributed by atoms with E-state index in [0.29, 0.717) is 5.92 Å². The van der Waals surface area contributed by atoms with Crippen LogP contribution in [0.5, 0.6) is 0 Å². The highest BCUT2D eigenvalue weighted by molar-refractivity contribution is 5.83. The molecule has 2 N–H and O–H groups in total. The topological polar surface area (TPSA) is 93.5 Å². The van der Waals surface area contributed by atoms with Gasteiger partial charge < -0.3 is 15.2 Å². The minimum atomic E-state index is -1.49. The van der Waals surface area contributed by atoms with Crippen molar-refractivity contribution in [3.8, 4) is 0 Å². The van der Waals surface area contributed by atoms with Crippen LogP contribution in [-0.2, 0) is 16.1 Å². The highest BCUT2D eigenvalue weighted by Gasteiger charge is 2.37. The molecule has 2 rings (SSSR count). The number of aromatic nitrogens is 2. The number of alkyl carbamates (subject to hydrolysis) is 1. The van der Waals surface area contributed by atoms with E-state index in [9.17, 15) is 14.7 Å². The van der Waals surface area contributed by atoms with E-state index in [1.165, 1.54) is 13.3 Å². The van der Waals surface area contributed by atoms with Crippen molar-refractivity contribution in [1.82, 2.24) is 15.1 Å². The highest BCUT2D eigenvalue weighted by Crippen LogP contribution is 2.35. The van der Waals surface area contributed by atoms with Gasteiger partial charge in [-0.25, -0.2) is 9.59 Å². The summed E-state index contributed by atoms with van der Waals surface area (Å²) >= 11 is 0. The van der Waals surface area contributed by atoms with Gasteiger partial charge in [-0.15, -0.1) is 0 Å². The van der Waals surface area contributed by atoms with E-state index in [1.807, 2.05) is 6.20 Å². The number of aliphatic carboxylic acids is 1. The first-order valence-electron chi connectivity index (χ1n) is 7.86. The Balaban J connectivity index is 2.06. The molecule has 7 heteroatoms. The molecule has 1 saturated carbocycles. The minimum Gasteiger partial charge on any atom is -0.479 e. The third-order valence-corrected chi connectivity index (χ3v) is 3.96. The summed E-state index contributed by atoms with van der Waals surface area (Å²) in [6, 6.07) is 0. The number of carbonyl (C=O) groups is 2. The molecule has 7 nitrogen and oxygen atoms in total. The zero-order valence-corrected chi connectivity index (χ0v) is 14.1. The monoisotopic (exact) mass is 323 g/mol. The van der Waals surface area contributed by atoms with Gasteiger partial charge in [0, 0.05) is 6.20 Å². The van der Waals surface area contributed by atoms with Gasteiger partial charge in [-0.1, -0.05) is 6.42 Å². The van der Waals surface area contributed by atoms with E-state index < -0.39 is 23.2 Å². The molecule has 128 valence electrons. The first kappa shape index (κ1) is 17.3. The fraction of sp³-hybridized carbons (Fsp3) is 0.688. The first-order valence-corrected chi connectivity index (χ1v) is 7.86. The summed E-state index contributed by atoms with van der Waals surface area (Å²) in [5, 5.41) is 16.2. The van der Waals surface area contributed by atoms with Crippen molar-refractivity contribution < 1.29 is 19.4 Å². The van der Waals surface area contributed by atoms with Gasteiger partial charge in [-0.3, -0.25) is 4.68 Å². The molecule has 1 fully saturated rings. The van der Waals surface area contributed by atoms with Crippen LogP contribution in [0.25, 0.3) is 0 Å². The SMILES string of the molecule is CC(C)(C)OC(=O)NC(C)(Cn1cc(C2CCC2)cn1)C(=O)O. The quantitative estimate of drug-likeness (QED) is 0.868. The summed E-state index contributed by atoms with van der Waals surface area (Å²) in [6.45, 7) is 6.66. The molecule has 1 unspecified atom stereocenters. The summed E-state index contributed by atoms with van der Waals surface area (Å²) in [7, 11) is 0. The Labute approximate surface area is 136 Å². The van der Waals surface area contributed by atoms with Crippen molar-refractivity contribution in [2.75, 3.05) is 0 Å². The lowest BCUT2D eigenvalue weighted by Gasteiger charge is -2.28. The predicted molar refractivity (Wildman–Crippen MR) is 84.2 cm³/mol. The lowest BCUT2D eigenvalue weighted by Crippen LogP contribution is -2.56. The van der Waals surface area contributed by atoms with Gasteiger partial charge in [0.05, 0.1) is 12.7 Å². The average molecular weight is 323 g/mol. The molecule has 23 heavy (non-hydrogen) atoms. The second-order valence-corrected chi connectivity index (χ2v) is 7.36. The van der Waals surface area contributed by atoms with E-state index >= 15 is 0 Å². The van der Waals surface area contributed by atoms with Crippen LogP contribution >= 0.6 is 0 Å². The maximum Gasteiger partial charge on any atom is 0.408 e. The molecular formula is C16H25N3O4. The molecule has 1 aromatic rings. The molecule has 0 radical (unpaired) electrons. The number of amides is 1. The third-order valence-electron chi connectivity index (χ3n) is 3.96. The van der Waals surface area contributed by atoms with Gasteiger partial charge in [0.1, 0.15) is 5.60 Å². The summed E-state index contributed by atoms with van der Waals surface area (Å²) in [5.74, 6) is -0.609. The number of nitrogens with zero attached hydrogens (tertiary/aromatic N) is 2. The van der Waals surface area contributed by atoms with Crippen molar-refractivity contribution in [3.63, 3.8) is 0 Å².